The molecule has 0 aliphatic rings. The van der Waals surface area contributed by atoms with Gasteiger partial charge >= 0.3 is 16.9 Å². The lowest BCUT2D eigenvalue weighted by atomic mass is 11.5. The van der Waals surface area contributed by atoms with Crippen LogP contribution in [-0.2, 0) is 10.5 Å². The molecule has 0 bridgehead atoms. The Morgan fingerprint density at radius 1 is 1.10 bits per heavy atom. The molecule has 0 heterocycles. The Balaban J connectivity index is 0. The fraction of sp³-hybridized carbons (Fsp3) is 1.00. The van der Waals surface area contributed by atoms with Gasteiger partial charge in [-0.15, -0.1) is 17.6 Å². The zero-order chi connectivity index (χ0) is 9.00. The first-order valence-corrected chi connectivity index (χ1v) is 2.77. The second kappa shape index (κ2) is 3.66. The summed E-state index contributed by atoms with van der Waals surface area (Å²) in [6, 6.07) is 0. The van der Waals surface area contributed by atoms with Crippen molar-refractivity contribution in [3.8, 4) is 0 Å². The predicted molar refractivity (Wildman–Crippen MR) is 19.8 cm³/mol. The predicted octanol–water partition coefficient (Wildman–Crippen LogP) is 1.23. The Kier molecular flexibility index (Phi) is 4.49. The van der Waals surface area contributed by atoms with E-state index in [1.807, 2.05) is 0 Å². The largest absolute Gasteiger partial charge is 0.559 e. The zero-order valence-corrected chi connectivity index (χ0v) is 4.88. The van der Waals surface area contributed by atoms with E-state index in [-0.39, 0.29) is 0 Å². The van der Waals surface area contributed by atoms with Crippen LogP contribution in [0, 0.1) is 0 Å². The maximum atomic E-state index is 10.2. The first-order valence-electron chi connectivity index (χ1n) is 1.43. The zero-order valence-electron chi connectivity index (χ0n) is 4.06. The second-order valence-electron chi connectivity index (χ2n) is 0.841. The monoisotopic (exact) mass is 188 g/mol. The van der Waals surface area contributed by atoms with Crippen molar-refractivity contribution in [1.29, 1.82) is 0 Å². The Hall–Kier alpha value is -0.440. The van der Waals surface area contributed by atoms with E-state index in [0.717, 1.165) is 0 Å². The molecule has 0 aromatic rings. The average Bonchev–Trinajstić information content (AvgIpc) is 1.12. The van der Waals surface area contributed by atoms with Crippen molar-refractivity contribution in [3.63, 3.8) is 0 Å². The molecule has 0 spiro atoms. The highest BCUT2D eigenvalue weighted by Gasteiger charge is 2.24. The standard InChI is InChI=1S/CF4.FHO3S/c2-1(3,4)5;1-5(2,3)4/h;(H,2,3,4). The van der Waals surface area contributed by atoms with Gasteiger partial charge in [0.1, 0.15) is 0 Å². The van der Waals surface area contributed by atoms with Gasteiger partial charge in [-0.1, -0.05) is 3.89 Å². The van der Waals surface area contributed by atoms with Crippen molar-refractivity contribution in [2.45, 2.75) is 6.43 Å². The molecule has 0 amide bonds. The van der Waals surface area contributed by atoms with Gasteiger partial charge in [0.15, 0.2) is 0 Å². The van der Waals surface area contributed by atoms with Crippen LogP contribution in [0.4, 0.5) is 21.4 Å². The van der Waals surface area contributed by atoms with Gasteiger partial charge in [0.05, 0.1) is 0 Å². The highest BCUT2D eigenvalue weighted by molar-refractivity contribution is 7.80. The molecule has 1 N–H and O–H groups in total. The molecule has 0 saturated carbocycles. The van der Waals surface area contributed by atoms with Crippen LogP contribution >= 0.6 is 0 Å². The van der Waals surface area contributed by atoms with E-state index in [1.54, 1.807) is 0 Å². The second-order valence-corrected chi connectivity index (χ2v) is 1.66. The van der Waals surface area contributed by atoms with Gasteiger partial charge < -0.3 is 0 Å². The molecule has 0 fully saturated rings. The minimum atomic E-state index is -5.50. The summed E-state index contributed by atoms with van der Waals surface area (Å²) in [6.07, 6.45) is -5.50. The first kappa shape index (κ1) is 12.3. The Morgan fingerprint density at radius 2 is 1.10 bits per heavy atom. The molecular weight excluding hydrogens is 187 g/mol. The fourth-order valence-corrected chi connectivity index (χ4v) is 0. The van der Waals surface area contributed by atoms with E-state index in [2.05, 4.69) is 0 Å². The number of rotatable bonds is 0. The number of alkyl halides is 4. The smallest absolute Gasteiger partial charge is 0.260 e. The summed E-state index contributed by atoms with van der Waals surface area (Å²) >= 11 is 0. The summed E-state index contributed by atoms with van der Waals surface area (Å²) in [5, 5.41) is 0. The third kappa shape index (κ3) is 1680. The van der Waals surface area contributed by atoms with E-state index in [1.165, 1.54) is 0 Å². The lowest BCUT2D eigenvalue weighted by molar-refractivity contribution is -0.237. The van der Waals surface area contributed by atoms with Gasteiger partial charge in [0.25, 0.3) is 0 Å². The van der Waals surface area contributed by atoms with Crippen molar-refractivity contribution in [2.24, 2.45) is 0 Å². The summed E-state index contributed by atoms with van der Waals surface area (Å²) in [4.78, 5) is 0. The number of hydrogen-bond acceptors (Lipinski definition) is 2. The Bertz CT molecular complexity index is 152. The van der Waals surface area contributed by atoms with Crippen molar-refractivity contribution < 1.29 is 34.4 Å². The maximum Gasteiger partial charge on any atom is 0.559 e. The van der Waals surface area contributed by atoms with Crippen LogP contribution in [0.1, 0.15) is 0 Å². The average molecular weight is 188 g/mol. The molecule has 0 aliphatic heterocycles. The quantitative estimate of drug-likeness (QED) is 0.353. The summed E-state index contributed by atoms with van der Waals surface area (Å²) in [5.74, 6) is 0. The van der Waals surface area contributed by atoms with Gasteiger partial charge in [0, 0.05) is 0 Å². The van der Waals surface area contributed by atoms with Crippen LogP contribution in [0.3, 0.4) is 0 Å². The van der Waals surface area contributed by atoms with Gasteiger partial charge in [-0.05, 0) is 0 Å². The van der Waals surface area contributed by atoms with Crippen LogP contribution < -0.4 is 0 Å². The summed E-state index contributed by atoms with van der Waals surface area (Å²) in [6.45, 7) is 0. The van der Waals surface area contributed by atoms with E-state index in [9.17, 15) is 21.4 Å². The molecule has 0 rings (SSSR count). The molecule has 3 nitrogen and oxygen atoms in total. The number of hydrogen-bond donors (Lipinski definition) is 1. The van der Waals surface area contributed by atoms with Gasteiger partial charge in [0.2, 0.25) is 0 Å². The van der Waals surface area contributed by atoms with E-state index in [0.29, 0.717) is 0 Å². The van der Waals surface area contributed by atoms with Crippen LogP contribution in [0.15, 0.2) is 0 Å². The van der Waals surface area contributed by atoms with Crippen molar-refractivity contribution in [3.05, 3.63) is 0 Å². The highest BCUT2D eigenvalue weighted by Crippen LogP contribution is 2.13. The van der Waals surface area contributed by atoms with E-state index >= 15 is 0 Å². The van der Waals surface area contributed by atoms with Crippen molar-refractivity contribution >= 4 is 10.5 Å². The Morgan fingerprint density at radius 3 is 1.10 bits per heavy atom. The maximum absolute atomic E-state index is 10.2. The molecule has 0 radical (unpaired) electrons. The molecule has 0 aliphatic carbocycles. The normalized spacial score (nSPS) is 11.8. The topological polar surface area (TPSA) is 54.4 Å². The molecule has 0 aromatic carbocycles. The van der Waals surface area contributed by atoms with Gasteiger partial charge in [-0.2, -0.15) is 8.42 Å². The Labute approximate surface area is 52.5 Å². The van der Waals surface area contributed by atoms with Crippen LogP contribution in [0.5, 0.6) is 0 Å². The van der Waals surface area contributed by atoms with Crippen molar-refractivity contribution in [2.75, 3.05) is 0 Å². The molecule has 0 aromatic heterocycles. The van der Waals surface area contributed by atoms with Gasteiger partial charge in [-0.25, -0.2) is 0 Å². The van der Waals surface area contributed by atoms with Crippen LogP contribution in [0.25, 0.3) is 0 Å². The van der Waals surface area contributed by atoms with Crippen molar-refractivity contribution in [1.82, 2.24) is 0 Å². The third-order valence-electron chi connectivity index (χ3n) is 0. The molecule has 0 atom stereocenters. The van der Waals surface area contributed by atoms with E-state index < -0.39 is 16.9 Å². The SMILES string of the molecule is FC(F)(F)F.O=S(=O)(O)F. The molecule has 9 heteroatoms. The minimum absolute atomic E-state index is 5.17. The fourth-order valence-electron chi connectivity index (χ4n) is 0. The summed E-state index contributed by atoms with van der Waals surface area (Å²) in [5.41, 5.74) is 0. The van der Waals surface area contributed by atoms with Gasteiger partial charge in [-0.3, -0.25) is 4.55 Å². The highest BCUT2D eigenvalue weighted by atomic mass is 32.3. The molecule has 0 saturated heterocycles. The first-order chi connectivity index (χ1) is 4.00. The third-order valence-corrected chi connectivity index (χ3v) is 0. The summed E-state index contributed by atoms with van der Waals surface area (Å²) < 4.78 is 72.8. The van der Waals surface area contributed by atoms with E-state index in [4.69, 9.17) is 13.0 Å². The lowest BCUT2D eigenvalue weighted by Gasteiger charge is -1.82. The van der Waals surface area contributed by atoms with Crippen LogP contribution in [-0.4, -0.2) is 19.4 Å². The lowest BCUT2D eigenvalue weighted by Crippen LogP contribution is -1.92. The molecule has 64 valence electrons. The molecular formula is CHF5O3S. The molecule has 0 unspecified atom stereocenters. The summed E-state index contributed by atoms with van der Waals surface area (Å²) in [7, 11) is -5.17. The van der Waals surface area contributed by atoms with Crippen LogP contribution in [0.2, 0.25) is 0 Å². The minimum Gasteiger partial charge on any atom is -0.260 e. The number of halogens is 5. The molecule has 10 heavy (non-hydrogen) atoms.